The molecule has 0 amide bonds. The molecule has 0 aliphatic carbocycles. The standard InChI is InChI=1S/C6H4Cl2N2O/c7-4-2-1-3-5(8)6(4)9-10-11/h1-3H,(H,9,11). The molecule has 0 fully saturated rings. The Kier molecular flexibility index (Phi) is 2.68. The highest BCUT2D eigenvalue weighted by Crippen LogP contribution is 2.29. The molecule has 3 nitrogen and oxygen atoms in total. The summed E-state index contributed by atoms with van der Waals surface area (Å²) < 4.78 is 0. The van der Waals surface area contributed by atoms with Gasteiger partial charge in [-0.25, -0.2) is 5.43 Å². The van der Waals surface area contributed by atoms with E-state index in [9.17, 15) is 4.91 Å². The van der Waals surface area contributed by atoms with E-state index in [1.54, 1.807) is 18.2 Å². The zero-order valence-electron chi connectivity index (χ0n) is 5.34. The third-order valence-corrected chi connectivity index (χ3v) is 1.75. The van der Waals surface area contributed by atoms with Crippen molar-refractivity contribution in [2.24, 2.45) is 5.29 Å². The fourth-order valence-corrected chi connectivity index (χ4v) is 1.13. The van der Waals surface area contributed by atoms with Crippen molar-refractivity contribution in [1.29, 1.82) is 0 Å². The van der Waals surface area contributed by atoms with E-state index in [1.807, 2.05) is 0 Å². The molecule has 0 saturated carbocycles. The van der Waals surface area contributed by atoms with Crippen LogP contribution in [-0.2, 0) is 0 Å². The number of hydrogen-bond acceptors (Lipinski definition) is 2. The van der Waals surface area contributed by atoms with Gasteiger partial charge in [-0.1, -0.05) is 29.3 Å². The summed E-state index contributed by atoms with van der Waals surface area (Å²) in [7, 11) is 0. The zero-order chi connectivity index (χ0) is 8.27. The van der Waals surface area contributed by atoms with Crippen molar-refractivity contribution >= 4 is 28.9 Å². The fourth-order valence-electron chi connectivity index (χ4n) is 0.650. The third kappa shape index (κ3) is 1.82. The Hall–Kier alpha value is -0.800. The average molecular weight is 191 g/mol. The van der Waals surface area contributed by atoms with E-state index < -0.39 is 0 Å². The van der Waals surface area contributed by atoms with Crippen LogP contribution >= 0.6 is 23.2 Å². The van der Waals surface area contributed by atoms with E-state index in [-0.39, 0.29) is 0 Å². The Morgan fingerprint density at radius 3 is 2.27 bits per heavy atom. The molecule has 1 N–H and O–H groups in total. The van der Waals surface area contributed by atoms with Crippen molar-refractivity contribution in [2.75, 3.05) is 5.43 Å². The second kappa shape index (κ2) is 3.55. The van der Waals surface area contributed by atoms with Crippen LogP contribution in [0.2, 0.25) is 10.0 Å². The quantitative estimate of drug-likeness (QED) is 0.576. The molecule has 1 aromatic carbocycles. The van der Waals surface area contributed by atoms with Crippen LogP contribution in [0.4, 0.5) is 5.69 Å². The summed E-state index contributed by atoms with van der Waals surface area (Å²) in [4.78, 5) is 9.80. The molecule has 0 unspecified atom stereocenters. The summed E-state index contributed by atoms with van der Waals surface area (Å²) in [6, 6.07) is 4.91. The summed E-state index contributed by atoms with van der Waals surface area (Å²) >= 11 is 11.3. The molecule has 5 heteroatoms. The van der Waals surface area contributed by atoms with Crippen LogP contribution in [0.15, 0.2) is 23.5 Å². The van der Waals surface area contributed by atoms with E-state index in [0.717, 1.165) is 0 Å². The van der Waals surface area contributed by atoms with Crippen molar-refractivity contribution < 1.29 is 0 Å². The molecule has 0 saturated heterocycles. The maximum atomic E-state index is 9.80. The van der Waals surface area contributed by atoms with Gasteiger partial charge >= 0.3 is 0 Å². The minimum absolute atomic E-state index is 0.339. The molecule has 0 atom stereocenters. The van der Waals surface area contributed by atoms with E-state index >= 15 is 0 Å². The topological polar surface area (TPSA) is 41.5 Å². The SMILES string of the molecule is O=NNc1c(Cl)cccc1Cl. The smallest absolute Gasteiger partial charge is 0.0966 e. The van der Waals surface area contributed by atoms with Gasteiger partial charge in [-0.05, 0) is 12.1 Å². The maximum Gasteiger partial charge on any atom is 0.0966 e. The predicted octanol–water partition coefficient (Wildman–Crippen LogP) is 3.09. The Balaban J connectivity index is 3.09. The van der Waals surface area contributed by atoms with Crippen molar-refractivity contribution in [3.05, 3.63) is 33.2 Å². The number of nitrogens with zero attached hydrogens (tertiary/aromatic N) is 1. The summed E-state index contributed by atoms with van der Waals surface area (Å²) in [5, 5.41) is 3.20. The van der Waals surface area contributed by atoms with Crippen LogP contribution in [0.5, 0.6) is 0 Å². The molecule has 0 radical (unpaired) electrons. The largest absolute Gasteiger partial charge is 0.239 e. The highest BCUT2D eigenvalue weighted by Gasteiger charge is 2.02. The number of anilines is 1. The molecule has 0 aliphatic rings. The van der Waals surface area contributed by atoms with Crippen LogP contribution in [-0.4, -0.2) is 0 Å². The Labute approximate surface area is 73.3 Å². The molecule has 0 aliphatic heterocycles. The monoisotopic (exact) mass is 190 g/mol. The second-order valence-electron chi connectivity index (χ2n) is 1.80. The molecule has 0 bridgehead atoms. The van der Waals surface area contributed by atoms with Crippen LogP contribution < -0.4 is 5.43 Å². The van der Waals surface area contributed by atoms with Crippen molar-refractivity contribution in [3.63, 3.8) is 0 Å². The minimum atomic E-state index is 0.339. The lowest BCUT2D eigenvalue weighted by Crippen LogP contribution is -1.87. The van der Waals surface area contributed by atoms with Gasteiger partial charge in [0, 0.05) is 0 Å². The minimum Gasteiger partial charge on any atom is -0.239 e. The van der Waals surface area contributed by atoms with Gasteiger partial charge in [-0.15, -0.1) is 4.91 Å². The van der Waals surface area contributed by atoms with E-state index in [1.165, 1.54) is 0 Å². The van der Waals surface area contributed by atoms with Gasteiger partial charge in [0.25, 0.3) is 0 Å². The first-order chi connectivity index (χ1) is 5.25. The summed E-state index contributed by atoms with van der Waals surface area (Å²) in [5.74, 6) is 0. The summed E-state index contributed by atoms with van der Waals surface area (Å²) in [5.41, 5.74) is 2.49. The number of rotatable bonds is 2. The molecule has 11 heavy (non-hydrogen) atoms. The zero-order valence-corrected chi connectivity index (χ0v) is 6.86. The van der Waals surface area contributed by atoms with Gasteiger partial charge in [0.15, 0.2) is 0 Å². The predicted molar refractivity (Wildman–Crippen MR) is 45.9 cm³/mol. The van der Waals surface area contributed by atoms with Gasteiger partial charge in [0.05, 0.1) is 21.0 Å². The first-order valence-electron chi connectivity index (χ1n) is 2.78. The number of hydrogen-bond donors (Lipinski definition) is 1. The summed E-state index contributed by atoms with van der Waals surface area (Å²) in [6.45, 7) is 0. The van der Waals surface area contributed by atoms with Crippen molar-refractivity contribution in [3.8, 4) is 0 Å². The lowest BCUT2D eigenvalue weighted by molar-refractivity contribution is 1.32. The lowest BCUT2D eigenvalue weighted by Gasteiger charge is -2.01. The molecular weight excluding hydrogens is 187 g/mol. The maximum absolute atomic E-state index is 9.80. The Morgan fingerprint density at radius 2 is 1.82 bits per heavy atom. The molecule has 0 aromatic heterocycles. The van der Waals surface area contributed by atoms with E-state index in [4.69, 9.17) is 23.2 Å². The van der Waals surface area contributed by atoms with Crippen molar-refractivity contribution in [2.45, 2.75) is 0 Å². The molecule has 58 valence electrons. The van der Waals surface area contributed by atoms with Gasteiger partial charge in [0.2, 0.25) is 0 Å². The van der Waals surface area contributed by atoms with Crippen LogP contribution in [0.1, 0.15) is 0 Å². The lowest BCUT2D eigenvalue weighted by atomic mass is 10.3. The van der Waals surface area contributed by atoms with E-state index in [2.05, 4.69) is 10.7 Å². The number of benzene rings is 1. The van der Waals surface area contributed by atoms with Crippen LogP contribution in [0.3, 0.4) is 0 Å². The summed E-state index contributed by atoms with van der Waals surface area (Å²) in [6.07, 6.45) is 0. The number of halogens is 2. The number of nitrogens with one attached hydrogen (secondary N) is 1. The van der Waals surface area contributed by atoms with Crippen molar-refractivity contribution in [1.82, 2.24) is 0 Å². The molecule has 0 spiro atoms. The van der Waals surface area contributed by atoms with Gasteiger partial charge < -0.3 is 0 Å². The van der Waals surface area contributed by atoms with E-state index in [0.29, 0.717) is 15.7 Å². The number of nitroso groups, excluding NO2 is 1. The first-order valence-corrected chi connectivity index (χ1v) is 3.53. The van der Waals surface area contributed by atoms with Crippen LogP contribution in [0, 0.1) is 4.91 Å². The average Bonchev–Trinajstić information content (AvgIpc) is 1.97. The van der Waals surface area contributed by atoms with Crippen LogP contribution in [0.25, 0.3) is 0 Å². The second-order valence-corrected chi connectivity index (χ2v) is 2.61. The highest BCUT2D eigenvalue weighted by atomic mass is 35.5. The number of para-hydroxylation sites is 1. The highest BCUT2D eigenvalue weighted by molar-refractivity contribution is 6.39. The fraction of sp³-hybridized carbons (Fsp3) is 0. The Bertz CT molecular complexity index is 257. The van der Waals surface area contributed by atoms with Gasteiger partial charge in [0.1, 0.15) is 0 Å². The van der Waals surface area contributed by atoms with Gasteiger partial charge in [-0.3, -0.25) is 0 Å². The molecule has 1 rings (SSSR count). The first kappa shape index (κ1) is 8.30. The van der Waals surface area contributed by atoms with Gasteiger partial charge in [-0.2, -0.15) is 0 Å². The molecular formula is C6H4Cl2N2O. The normalized spacial score (nSPS) is 9.27. The third-order valence-electron chi connectivity index (χ3n) is 1.12. The molecule has 0 heterocycles. The Morgan fingerprint density at radius 1 is 1.27 bits per heavy atom. The molecule has 1 aromatic rings.